The first kappa shape index (κ1) is 14.0. The maximum absolute atomic E-state index is 5.43. The second kappa shape index (κ2) is 5.89. The molecule has 5 nitrogen and oxygen atoms in total. The monoisotopic (exact) mass is 323 g/mol. The number of fused-ring (bicyclic) bond motifs is 1. The van der Waals surface area contributed by atoms with Gasteiger partial charge in [0.25, 0.3) is 0 Å². The number of nitrogens with zero attached hydrogens (tertiary/aromatic N) is 3. The Kier molecular flexibility index (Phi) is 3.59. The lowest BCUT2D eigenvalue weighted by atomic mass is 10.2. The van der Waals surface area contributed by atoms with Crippen molar-refractivity contribution in [1.29, 1.82) is 0 Å². The molecule has 23 heavy (non-hydrogen) atoms. The van der Waals surface area contributed by atoms with Crippen LogP contribution in [-0.4, -0.2) is 15.1 Å². The Hall–Kier alpha value is -2.60. The highest BCUT2D eigenvalue weighted by Crippen LogP contribution is 2.30. The molecule has 0 bridgehead atoms. The van der Waals surface area contributed by atoms with Crippen LogP contribution in [0.25, 0.3) is 22.5 Å². The smallest absolute Gasteiger partial charge is 0.197 e. The molecule has 0 N–H and O–H groups in total. The summed E-state index contributed by atoms with van der Waals surface area (Å²) >= 11 is 1.61. The Morgan fingerprint density at radius 1 is 1.09 bits per heavy atom. The van der Waals surface area contributed by atoms with Gasteiger partial charge in [-0.3, -0.25) is 0 Å². The van der Waals surface area contributed by atoms with Crippen molar-refractivity contribution in [2.45, 2.75) is 17.7 Å². The topological polar surface area (TPSA) is 65.0 Å². The molecule has 0 aliphatic carbocycles. The molecule has 0 aliphatic heterocycles. The molecule has 0 amide bonds. The molecular weight excluding hydrogens is 310 g/mol. The second-order valence-corrected chi connectivity index (χ2v) is 6.03. The van der Waals surface area contributed by atoms with Gasteiger partial charge in [0, 0.05) is 17.2 Å². The molecule has 6 heteroatoms. The molecule has 0 unspecified atom stereocenters. The number of aryl methyl sites for hydroxylation is 1. The maximum atomic E-state index is 5.43. The predicted molar refractivity (Wildman–Crippen MR) is 88.0 cm³/mol. The van der Waals surface area contributed by atoms with Crippen LogP contribution in [0.5, 0.6) is 0 Å². The van der Waals surface area contributed by atoms with Crippen LogP contribution in [-0.2, 0) is 5.75 Å². The van der Waals surface area contributed by atoms with Crippen LogP contribution in [0.2, 0.25) is 0 Å². The number of hydrogen-bond donors (Lipinski definition) is 0. The van der Waals surface area contributed by atoms with Gasteiger partial charge >= 0.3 is 0 Å². The molecule has 4 aromatic rings. The molecule has 3 heterocycles. The summed E-state index contributed by atoms with van der Waals surface area (Å²) in [6, 6.07) is 13.6. The average Bonchev–Trinajstić information content (AvgIpc) is 3.24. The summed E-state index contributed by atoms with van der Waals surface area (Å²) in [5.74, 6) is 2.75. The third-order valence-electron chi connectivity index (χ3n) is 3.34. The number of aromatic nitrogens is 3. The Labute approximate surface area is 136 Å². The van der Waals surface area contributed by atoms with Gasteiger partial charge in [-0.05, 0) is 25.1 Å². The van der Waals surface area contributed by atoms with Gasteiger partial charge in [-0.15, -0.1) is 0 Å². The molecule has 0 aliphatic rings. The molecule has 0 spiro atoms. The molecule has 0 radical (unpaired) electrons. The molecule has 0 atom stereocenters. The number of rotatable bonds is 4. The SMILES string of the molecule is Cc1cc(CSc2nc(-c3ccco3)nc3ccccc23)no1. The van der Waals surface area contributed by atoms with Crippen LogP contribution in [0, 0.1) is 6.92 Å². The zero-order valence-corrected chi connectivity index (χ0v) is 13.2. The van der Waals surface area contributed by atoms with Crippen molar-refractivity contribution >= 4 is 22.7 Å². The van der Waals surface area contributed by atoms with Gasteiger partial charge in [-0.2, -0.15) is 0 Å². The van der Waals surface area contributed by atoms with E-state index in [4.69, 9.17) is 8.94 Å². The third-order valence-corrected chi connectivity index (χ3v) is 4.37. The van der Waals surface area contributed by atoms with E-state index in [9.17, 15) is 0 Å². The first-order valence-electron chi connectivity index (χ1n) is 7.15. The van der Waals surface area contributed by atoms with E-state index in [1.807, 2.05) is 49.4 Å². The summed E-state index contributed by atoms with van der Waals surface area (Å²) in [4.78, 5) is 9.25. The van der Waals surface area contributed by atoms with Crippen molar-refractivity contribution in [2.75, 3.05) is 0 Å². The van der Waals surface area contributed by atoms with Crippen molar-refractivity contribution in [2.24, 2.45) is 0 Å². The van der Waals surface area contributed by atoms with Gasteiger partial charge in [0.2, 0.25) is 0 Å². The molecule has 3 aromatic heterocycles. The van der Waals surface area contributed by atoms with Crippen molar-refractivity contribution < 1.29 is 8.94 Å². The molecule has 4 rings (SSSR count). The van der Waals surface area contributed by atoms with Crippen LogP contribution in [0.1, 0.15) is 11.5 Å². The van der Waals surface area contributed by atoms with E-state index in [1.54, 1.807) is 18.0 Å². The summed E-state index contributed by atoms with van der Waals surface area (Å²) < 4.78 is 10.5. The second-order valence-electron chi connectivity index (χ2n) is 5.06. The lowest BCUT2D eigenvalue weighted by Gasteiger charge is -2.06. The lowest BCUT2D eigenvalue weighted by molar-refractivity contribution is 0.393. The fourth-order valence-electron chi connectivity index (χ4n) is 2.30. The number of hydrogen-bond acceptors (Lipinski definition) is 6. The van der Waals surface area contributed by atoms with Gasteiger partial charge < -0.3 is 8.94 Å². The minimum Gasteiger partial charge on any atom is -0.461 e. The largest absolute Gasteiger partial charge is 0.461 e. The molecule has 1 aromatic carbocycles. The number of para-hydroxylation sites is 1. The Morgan fingerprint density at radius 3 is 2.78 bits per heavy atom. The third kappa shape index (κ3) is 2.85. The van der Waals surface area contributed by atoms with Crippen molar-refractivity contribution in [3.8, 4) is 11.6 Å². The van der Waals surface area contributed by atoms with E-state index in [0.717, 1.165) is 27.4 Å². The molecule has 114 valence electrons. The van der Waals surface area contributed by atoms with E-state index >= 15 is 0 Å². The van der Waals surface area contributed by atoms with Crippen molar-refractivity contribution in [3.63, 3.8) is 0 Å². The van der Waals surface area contributed by atoms with Crippen molar-refractivity contribution in [3.05, 3.63) is 60.2 Å². The van der Waals surface area contributed by atoms with E-state index in [-0.39, 0.29) is 0 Å². The highest BCUT2D eigenvalue weighted by molar-refractivity contribution is 7.98. The molecular formula is C17H13N3O2S. The molecule has 0 saturated heterocycles. The lowest BCUT2D eigenvalue weighted by Crippen LogP contribution is -1.93. The minimum absolute atomic E-state index is 0.590. The van der Waals surface area contributed by atoms with Crippen LogP contribution < -0.4 is 0 Å². The van der Waals surface area contributed by atoms with Crippen LogP contribution in [0.3, 0.4) is 0 Å². The van der Waals surface area contributed by atoms with Crippen molar-refractivity contribution in [1.82, 2.24) is 15.1 Å². The van der Waals surface area contributed by atoms with Gasteiger partial charge in [0.15, 0.2) is 11.6 Å². The average molecular weight is 323 g/mol. The first-order chi connectivity index (χ1) is 11.3. The van der Waals surface area contributed by atoms with Gasteiger partial charge in [-0.1, -0.05) is 35.1 Å². The maximum Gasteiger partial charge on any atom is 0.197 e. The predicted octanol–water partition coefficient (Wildman–Crippen LogP) is 4.48. The minimum atomic E-state index is 0.590. The standard InChI is InChI=1S/C17H13N3O2S/c1-11-9-12(20-22-11)10-23-17-13-5-2-3-6-14(13)18-16(19-17)15-7-4-8-21-15/h2-9H,10H2,1H3. The van der Waals surface area contributed by atoms with Gasteiger partial charge in [0.05, 0.1) is 17.5 Å². The Balaban J connectivity index is 1.74. The van der Waals surface area contributed by atoms with Gasteiger partial charge in [0.1, 0.15) is 10.8 Å². The van der Waals surface area contributed by atoms with E-state index in [2.05, 4.69) is 15.1 Å². The fourth-order valence-corrected chi connectivity index (χ4v) is 3.20. The fraction of sp³-hybridized carbons (Fsp3) is 0.118. The Morgan fingerprint density at radius 2 is 2.00 bits per heavy atom. The zero-order valence-electron chi connectivity index (χ0n) is 12.4. The number of thioether (sulfide) groups is 1. The highest BCUT2D eigenvalue weighted by atomic mass is 32.2. The summed E-state index contributed by atoms with van der Waals surface area (Å²) in [6.45, 7) is 1.89. The normalized spacial score (nSPS) is 11.2. The van der Waals surface area contributed by atoms with E-state index < -0.39 is 0 Å². The summed E-state index contributed by atoms with van der Waals surface area (Å²) in [7, 11) is 0. The quantitative estimate of drug-likeness (QED) is 0.407. The van der Waals surface area contributed by atoms with E-state index in [1.165, 1.54) is 0 Å². The summed E-state index contributed by atoms with van der Waals surface area (Å²) in [5, 5.41) is 5.95. The van der Waals surface area contributed by atoms with Crippen LogP contribution in [0.4, 0.5) is 0 Å². The van der Waals surface area contributed by atoms with Gasteiger partial charge in [-0.25, -0.2) is 9.97 Å². The summed E-state index contributed by atoms with van der Waals surface area (Å²) in [5.41, 5.74) is 1.79. The highest BCUT2D eigenvalue weighted by Gasteiger charge is 2.12. The van der Waals surface area contributed by atoms with Crippen LogP contribution in [0.15, 0.2) is 62.7 Å². The van der Waals surface area contributed by atoms with Crippen LogP contribution >= 0.6 is 11.8 Å². The molecule has 0 fully saturated rings. The number of benzene rings is 1. The summed E-state index contributed by atoms with van der Waals surface area (Å²) in [6.07, 6.45) is 1.62. The zero-order chi connectivity index (χ0) is 15.6. The Bertz CT molecular complexity index is 948. The first-order valence-corrected chi connectivity index (χ1v) is 8.14. The molecule has 0 saturated carbocycles. The van der Waals surface area contributed by atoms with E-state index in [0.29, 0.717) is 17.3 Å². The number of furan rings is 1.